The molecule has 1 aromatic carbocycles. The summed E-state index contributed by atoms with van der Waals surface area (Å²) in [7, 11) is 1.99. The highest BCUT2D eigenvalue weighted by Gasteiger charge is 2.28. The molecular weight excluding hydrogens is 558 g/mol. The van der Waals surface area contributed by atoms with Crippen LogP contribution in [0.3, 0.4) is 0 Å². The summed E-state index contributed by atoms with van der Waals surface area (Å²) < 4.78 is 5.20. The summed E-state index contributed by atoms with van der Waals surface area (Å²) in [5.74, 6) is -1.55. The molecule has 7 N–H and O–H groups in total. The Morgan fingerprint density at radius 1 is 1.00 bits per heavy atom. The number of urea groups is 1. The van der Waals surface area contributed by atoms with Crippen molar-refractivity contribution in [1.29, 1.82) is 0 Å². The molecule has 1 heterocycles. The summed E-state index contributed by atoms with van der Waals surface area (Å²) in [6.45, 7) is 13.7. The molecule has 1 aliphatic rings. The third-order valence-electron chi connectivity index (χ3n) is 6.15. The predicted octanol–water partition coefficient (Wildman–Crippen LogP) is 1.16. The average molecular weight is 608 g/mol. The van der Waals surface area contributed by atoms with E-state index in [0.717, 1.165) is 19.5 Å². The Kier molecular flexibility index (Phi) is 15.5. The van der Waals surface area contributed by atoms with E-state index in [2.05, 4.69) is 26.2 Å². The van der Waals surface area contributed by atoms with Crippen molar-refractivity contribution in [3.63, 3.8) is 0 Å². The van der Waals surface area contributed by atoms with Crippen molar-refractivity contribution in [1.82, 2.24) is 25.8 Å². The molecule has 0 radical (unpaired) electrons. The molecule has 0 spiro atoms. The van der Waals surface area contributed by atoms with Crippen molar-refractivity contribution in [3.05, 3.63) is 29.8 Å². The monoisotopic (exact) mass is 607 g/mol. The Balaban J connectivity index is 0.00000117. The van der Waals surface area contributed by atoms with Gasteiger partial charge in [-0.2, -0.15) is 0 Å². The van der Waals surface area contributed by atoms with Gasteiger partial charge in [0.15, 0.2) is 6.10 Å². The standard InChI is InChI=1S/C25H39N5O6.C4H10N2O/c1-16(2)20(28-24(35)36-25(3,4)5)22(33)26-15-19(31)27-18-9-7-17(8-10-18)21(32)23(34)30-13-11-29(6)12-14-30;1-2-3-6-4(5)7/h7-10,16,20-21,32H,11-15H2,1-6H3,(H,26,33)(H,27,31)(H,28,35);2-3H2,1H3,(H3,5,6,7). The molecule has 1 saturated heterocycles. The lowest BCUT2D eigenvalue weighted by atomic mass is 10.0. The summed E-state index contributed by atoms with van der Waals surface area (Å²) in [5.41, 5.74) is 4.90. The number of carbonyl (C=O) groups is 5. The van der Waals surface area contributed by atoms with Gasteiger partial charge in [-0.05, 0) is 57.9 Å². The van der Waals surface area contributed by atoms with Gasteiger partial charge in [-0.1, -0.05) is 32.9 Å². The van der Waals surface area contributed by atoms with Crippen LogP contribution in [0.25, 0.3) is 0 Å². The molecule has 0 aromatic heterocycles. The molecule has 2 atom stereocenters. The number of benzene rings is 1. The maximum Gasteiger partial charge on any atom is 0.408 e. The highest BCUT2D eigenvalue weighted by Crippen LogP contribution is 2.19. The number of aliphatic hydroxyl groups excluding tert-OH is 1. The van der Waals surface area contributed by atoms with Crippen LogP contribution in [0.4, 0.5) is 15.3 Å². The van der Waals surface area contributed by atoms with Gasteiger partial charge in [0.2, 0.25) is 11.8 Å². The van der Waals surface area contributed by atoms with Crippen LogP contribution in [0.2, 0.25) is 0 Å². The summed E-state index contributed by atoms with van der Waals surface area (Å²) in [5, 5.41) is 20.6. The minimum Gasteiger partial charge on any atom is -0.444 e. The number of nitrogens with zero attached hydrogens (tertiary/aromatic N) is 2. The molecule has 6 amide bonds. The Labute approximate surface area is 254 Å². The van der Waals surface area contributed by atoms with Crippen molar-refractivity contribution in [2.75, 3.05) is 51.6 Å². The highest BCUT2D eigenvalue weighted by atomic mass is 16.6. The summed E-state index contributed by atoms with van der Waals surface area (Å²) >= 11 is 0. The van der Waals surface area contributed by atoms with Gasteiger partial charge in [-0.25, -0.2) is 9.59 Å². The maximum absolute atomic E-state index is 12.6. The van der Waals surface area contributed by atoms with Crippen LogP contribution in [-0.4, -0.2) is 103 Å². The van der Waals surface area contributed by atoms with Gasteiger partial charge in [0, 0.05) is 38.4 Å². The van der Waals surface area contributed by atoms with E-state index >= 15 is 0 Å². The van der Waals surface area contributed by atoms with E-state index in [4.69, 9.17) is 10.5 Å². The van der Waals surface area contributed by atoms with Gasteiger partial charge in [0.25, 0.3) is 5.91 Å². The summed E-state index contributed by atoms with van der Waals surface area (Å²) in [4.78, 5) is 63.1. The number of hydrogen-bond acceptors (Lipinski definition) is 8. The minimum absolute atomic E-state index is 0.229. The number of nitrogens with one attached hydrogen (secondary N) is 4. The van der Waals surface area contributed by atoms with Gasteiger partial charge in [-0.3, -0.25) is 14.4 Å². The number of anilines is 1. The second kappa shape index (κ2) is 17.9. The lowest BCUT2D eigenvalue weighted by Gasteiger charge is -2.33. The summed E-state index contributed by atoms with van der Waals surface area (Å²) in [6, 6.07) is 5.00. The number of piperazine rings is 1. The zero-order valence-corrected chi connectivity index (χ0v) is 26.4. The van der Waals surface area contributed by atoms with Crippen molar-refractivity contribution < 1.29 is 33.8 Å². The van der Waals surface area contributed by atoms with Crippen molar-refractivity contribution in [3.8, 4) is 0 Å². The molecule has 2 rings (SSSR count). The van der Waals surface area contributed by atoms with Crippen LogP contribution in [0.5, 0.6) is 0 Å². The van der Waals surface area contributed by atoms with Gasteiger partial charge in [0.05, 0.1) is 6.54 Å². The third-order valence-corrected chi connectivity index (χ3v) is 6.15. The SMILES string of the molecule is CC(C)C(NC(=O)OC(C)(C)C)C(=O)NCC(=O)Nc1ccc(C(O)C(=O)N2CCN(C)CC2)cc1.CCCNC(N)=O. The van der Waals surface area contributed by atoms with E-state index in [0.29, 0.717) is 30.9 Å². The first-order valence-electron chi connectivity index (χ1n) is 14.4. The van der Waals surface area contributed by atoms with Crippen molar-refractivity contribution in [2.24, 2.45) is 11.7 Å². The zero-order valence-electron chi connectivity index (χ0n) is 26.4. The molecular formula is C29H49N7O7. The molecule has 0 saturated carbocycles. The normalized spacial score (nSPS) is 14.9. The van der Waals surface area contributed by atoms with Crippen molar-refractivity contribution in [2.45, 2.75) is 65.7 Å². The first-order chi connectivity index (χ1) is 20.0. The molecule has 2 unspecified atom stereocenters. The molecule has 1 aliphatic heterocycles. The lowest BCUT2D eigenvalue weighted by Crippen LogP contribution is -2.52. The van der Waals surface area contributed by atoms with E-state index in [1.54, 1.807) is 63.8 Å². The molecule has 1 fully saturated rings. The van der Waals surface area contributed by atoms with E-state index in [-0.39, 0.29) is 18.4 Å². The fourth-order valence-corrected chi connectivity index (χ4v) is 3.79. The fraction of sp³-hybridized carbons (Fsp3) is 0.621. The van der Waals surface area contributed by atoms with E-state index in [1.807, 2.05) is 14.0 Å². The second-order valence-electron chi connectivity index (χ2n) is 11.6. The Hall–Kier alpha value is -3.91. The number of carbonyl (C=O) groups excluding carboxylic acids is 5. The average Bonchev–Trinajstić information content (AvgIpc) is 2.92. The fourth-order valence-electron chi connectivity index (χ4n) is 3.79. The van der Waals surface area contributed by atoms with E-state index < -0.39 is 41.7 Å². The third kappa shape index (κ3) is 14.7. The summed E-state index contributed by atoms with van der Waals surface area (Å²) in [6.07, 6.45) is -1.06. The molecule has 1 aromatic rings. The van der Waals surface area contributed by atoms with Crippen LogP contribution >= 0.6 is 0 Å². The van der Waals surface area contributed by atoms with Crippen LogP contribution in [0.15, 0.2) is 24.3 Å². The van der Waals surface area contributed by atoms with Crippen LogP contribution < -0.4 is 27.0 Å². The maximum atomic E-state index is 12.6. The molecule has 242 valence electrons. The zero-order chi connectivity index (χ0) is 32.7. The molecule has 14 nitrogen and oxygen atoms in total. The molecule has 43 heavy (non-hydrogen) atoms. The van der Waals surface area contributed by atoms with Crippen LogP contribution in [-0.2, 0) is 19.1 Å². The Bertz CT molecular complexity index is 1070. The van der Waals surface area contributed by atoms with Crippen molar-refractivity contribution >= 4 is 35.5 Å². The minimum atomic E-state index is -1.28. The molecule has 0 bridgehead atoms. The van der Waals surface area contributed by atoms with Gasteiger partial charge in [0.1, 0.15) is 11.6 Å². The number of aliphatic hydroxyl groups is 1. The number of ether oxygens (including phenoxy) is 1. The van der Waals surface area contributed by atoms with Crippen LogP contribution in [0, 0.1) is 5.92 Å². The first kappa shape index (κ1) is 37.1. The second-order valence-corrected chi connectivity index (χ2v) is 11.6. The van der Waals surface area contributed by atoms with Gasteiger partial charge < -0.3 is 46.6 Å². The molecule has 14 heteroatoms. The number of alkyl carbamates (subject to hydrolysis) is 1. The topological polar surface area (TPSA) is 195 Å². The number of rotatable bonds is 10. The van der Waals surface area contributed by atoms with E-state index in [9.17, 15) is 29.1 Å². The molecule has 0 aliphatic carbocycles. The number of hydrogen-bond donors (Lipinski definition) is 6. The van der Waals surface area contributed by atoms with Gasteiger partial charge >= 0.3 is 12.1 Å². The number of primary amides is 1. The largest absolute Gasteiger partial charge is 0.444 e. The van der Waals surface area contributed by atoms with E-state index in [1.165, 1.54) is 0 Å². The van der Waals surface area contributed by atoms with Gasteiger partial charge in [-0.15, -0.1) is 0 Å². The number of nitrogens with two attached hydrogens (primary N) is 1. The Morgan fingerprint density at radius 2 is 1.58 bits per heavy atom. The first-order valence-corrected chi connectivity index (χ1v) is 14.4. The quantitative estimate of drug-likeness (QED) is 0.228. The smallest absolute Gasteiger partial charge is 0.408 e. The number of amides is 6. The number of likely N-dealkylation sites (N-methyl/N-ethyl adjacent to an activating group) is 1. The highest BCUT2D eigenvalue weighted by molar-refractivity contribution is 5.96. The van der Waals surface area contributed by atoms with Crippen LogP contribution in [0.1, 0.15) is 59.6 Å². The Morgan fingerprint density at radius 3 is 2.05 bits per heavy atom. The lowest BCUT2D eigenvalue weighted by molar-refractivity contribution is -0.142. The predicted molar refractivity (Wildman–Crippen MR) is 163 cm³/mol.